The van der Waals surface area contributed by atoms with E-state index in [2.05, 4.69) is 61.1 Å². The number of ether oxygens (including phenoxy) is 2. The molecule has 1 aliphatic heterocycles. The van der Waals surface area contributed by atoms with E-state index in [0.29, 0.717) is 32.2 Å². The molecule has 2 heterocycles. The summed E-state index contributed by atoms with van der Waals surface area (Å²) in [5, 5.41) is 0.551. The summed E-state index contributed by atoms with van der Waals surface area (Å²) in [4.78, 5) is 33.2. The first-order valence-corrected chi connectivity index (χ1v) is 18.3. The topological polar surface area (TPSA) is 69.9 Å². The van der Waals surface area contributed by atoms with Gasteiger partial charge in [-0.2, -0.15) is 0 Å². The van der Waals surface area contributed by atoms with Crippen LogP contribution in [0, 0.1) is 7.14 Å². The molecule has 6 nitrogen and oxygen atoms in total. The van der Waals surface area contributed by atoms with Crippen LogP contribution in [0.4, 0.5) is 0 Å². The fourth-order valence-electron chi connectivity index (χ4n) is 5.09. The maximum Gasteiger partial charge on any atom is 0.338 e. The van der Waals surface area contributed by atoms with Crippen LogP contribution in [-0.2, 0) is 16.1 Å². The SMILES string of the molecule is CCOC(=O)C1=C(c2ccccc2)N=c2s/c(=C\c3cc(I)c(OCc4ccc(Br)cc4)c(I)c3)c(=O)n2[C@@H]1c1ccc(Cl)cc1. The Bertz CT molecular complexity index is 2130. The van der Waals surface area contributed by atoms with E-state index in [1.165, 1.54) is 11.3 Å². The third kappa shape index (κ3) is 7.05. The molecule has 4 aromatic carbocycles. The zero-order valence-electron chi connectivity index (χ0n) is 24.2. The Morgan fingerprint density at radius 1 is 1.02 bits per heavy atom. The van der Waals surface area contributed by atoms with E-state index < -0.39 is 12.0 Å². The van der Waals surface area contributed by atoms with Gasteiger partial charge in [0.15, 0.2) is 4.80 Å². The van der Waals surface area contributed by atoms with Crippen molar-refractivity contribution in [3.05, 3.63) is 155 Å². The first-order chi connectivity index (χ1) is 22.2. The van der Waals surface area contributed by atoms with Crippen molar-refractivity contribution in [3.8, 4) is 5.75 Å². The molecule has 0 fully saturated rings. The first-order valence-electron chi connectivity index (χ1n) is 14.1. The number of carbonyl (C=O) groups is 1. The van der Waals surface area contributed by atoms with E-state index >= 15 is 0 Å². The highest BCUT2D eigenvalue weighted by atomic mass is 127. The Labute approximate surface area is 309 Å². The van der Waals surface area contributed by atoms with Crippen LogP contribution in [0.5, 0.6) is 5.75 Å². The van der Waals surface area contributed by atoms with E-state index in [9.17, 15) is 9.59 Å². The minimum absolute atomic E-state index is 0.183. The van der Waals surface area contributed by atoms with Crippen LogP contribution in [0.3, 0.4) is 0 Å². The molecule has 0 saturated carbocycles. The van der Waals surface area contributed by atoms with E-state index in [4.69, 9.17) is 26.1 Å². The minimum Gasteiger partial charge on any atom is -0.487 e. The molecule has 1 aromatic heterocycles. The lowest BCUT2D eigenvalue weighted by Gasteiger charge is -2.25. The normalized spacial score (nSPS) is 14.5. The largest absolute Gasteiger partial charge is 0.487 e. The molecule has 1 atom stereocenters. The first kappa shape index (κ1) is 33.1. The smallest absolute Gasteiger partial charge is 0.338 e. The molecule has 6 rings (SSSR count). The number of benzene rings is 4. The Balaban J connectivity index is 1.47. The molecule has 46 heavy (non-hydrogen) atoms. The van der Waals surface area contributed by atoms with Gasteiger partial charge in [-0.1, -0.05) is 93.5 Å². The van der Waals surface area contributed by atoms with Gasteiger partial charge in [-0.15, -0.1) is 0 Å². The highest BCUT2D eigenvalue weighted by Crippen LogP contribution is 2.36. The molecule has 232 valence electrons. The maximum atomic E-state index is 14.2. The summed E-state index contributed by atoms with van der Waals surface area (Å²) >= 11 is 15.5. The average molecular weight is 938 g/mol. The van der Waals surface area contributed by atoms with Gasteiger partial charge in [0.2, 0.25) is 0 Å². The number of thiazole rings is 1. The van der Waals surface area contributed by atoms with Gasteiger partial charge in [0.1, 0.15) is 12.4 Å². The molecule has 0 radical (unpaired) electrons. The summed E-state index contributed by atoms with van der Waals surface area (Å²) in [6.07, 6.45) is 1.86. The third-order valence-electron chi connectivity index (χ3n) is 7.17. The number of aromatic nitrogens is 1. The number of esters is 1. The van der Waals surface area contributed by atoms with E-state index in [1.807, 2.05) is 84.9 Å². The number of halogens is 4. The van der Waals surface area contributed by atoms with Gasteiger partial charge in [0.05, 0.1) is 35.6 Å². The summed E-state index contributed by atoms with van der Waals surface area (Å²) in [5.74, 6) is 0.263. The van der Waals surface area contributed by atoms with Crippen molar-refractivity contribution in [2.75, 3.05) is 6.61 Å². The van der Waals surface area contributed by atoms with Crippen LogP contribution >= 0.6 is 84.0 Å². The molecule has 0 saturated heterocycles. The van der Waals surface area contributed by atoms with Crippen LogP contribution in [0.15, 0.2) is 111 Å². The Morgan fingerprint density at radius 3 is 2.35 bits per heavy atom. The molecule has 5 aromatic rings. The van der Waals surface area contributed by atoms with Gasteiger partial charge in [0.25, 0.3) is 5.56 Å². The number of hydrogen-bond donors (Lipinski definition) is 0. The second-order valence-corrected chi connectivity index (χ2v) is 14.9. The second-order valence-electron chi connectivity index (χ2n) is 10.2. The minimum atomic E-state index is -0.764. The van der Waals surface area contributed by atoms with E-state index in [1.54, 1.807) is 23.6 Å². The van der Waals surface area contributed by atoms with Crippen LogP contribution in [0.25, 0.3) is 11.8 Å². The van der Waals surface area contributed by atoms with Crippen LogP contribution in [0.2, 0.25) is 5.02 Å². The number of rotatable bonds is 8. The van der Waals surface area contributed by atoms with Crippen molar-refractivity contribution in [1.82, 2.24) is 4.57 Å². The number of fused-ring (bicyclic) bond motifs is 1. The highest BCUT2D eigenvalue weighted by molar-refractivity contribution is 14.1. The van der Waals surface area contributed by atoms with Crippen LogP contribution in [-0.4, -0.2) is 17.1 Å². The average Bonchev–Trinajstić information content (AvgIpc) is 3.35. The summed E-state index contributed by atoms with van der Waals surface area (Å²) < 4.78 is 16.7. The highest BCUT2D eigenvalue weighted by Gasteiger charge is 2.35. The molecular formula is C35H24BrClI2N2O4S. The van der Waals surface area contributed by atoms with Crippen molar-refractivity contribution in [3.63, 3.8) is 0 Å². The molecule has 1 aliphatic rings. The van der Waals surface area contributed by atoms with Crippen LogP contribution < -0.4 is 19.6 Å². The standard InChI is InChI=1S/C35H24BrClI2N2O4S/c1-2-44-34(43)29-30(22-6-4-3-5-7-22)40-35-41(31(29)23-10-14-25(37)15-11-23)33(42)28(46-35)18-21-16-26(38)32(27(39)17-21)45-19-20-8-12-24(36)13-9-20/h3-18,31H,2,19H2,1H3/b28-18-/t31-/m1/s1. The summed E-state index contributed by atoms with van der Waals surface area (Å²) in [6, 6.07) is 27.9. The van der Waals surface area contributed by atoms with Gasteiger partial charge in [-0.3, -0.25) is 9.36 Å². The quantitative estimate of drug-likeness (QED) is 0.117. The van der Waals surface area contributed by atoms with Crippen molar-refractivity contribution in [2.45, 2.75) is 19.6 Å². The van der Waals surface area contributed by atoms with Gasteiger partial charge < -0.3 is 9.47 Å². The number of nitrogens with zero attached hydrogens (tertiary/aromatic N) is 2. The number of carbonyl (C=O) groups excluding carboxylic acids is 1. The predicted molar refractivity (Wildman–Crippen MR) is 203 cm³/mol. The third-order valence-corrected chi connectivity index (χ3v) is 10.5. The molecule has 0 amide bonds. The number of hydrogen-bond acceptors (Lipinski definition) is 6. The van der Waals surface area contributed by atoms with Crippen molar-refractivity contribution < 1.29 is 14.3 Å². The van der Waals surface area contributed by atoms with E-state index in [-0.39, 0.29) is 12.2 Å². The Kier molecular flexibility index (Phi) is 10.5. The van der Waals surface area contributed by atoms with Gasteiger partial charge in [-0.05, 0) is 111 Å². The molecule has 0 bridgehead atoms. The molecule has 0 N–H and O–H groups in total. The predicted octanol–water partition coefficient (Wildman–Crippen LogP) is 8.14. The van der Waals surface area contributed by atoms with Crippen LogP contribution in [0.1, 0.15) is 35.2 Å². The molecule has 0 spiro atoms. The molecular weight excluding hydrogens is 914 g/mol. The summed E-state index contributed by atoms with van der Waals surface area (Å²) in [7, 11) is 0. The Morgan fingerprint density at radius 2 is 1.70 bits per heavy atom. The van der Waals surface area contributed by atoms with Crippen molar-refractivity contribution in [2.24, 2.45) is 4.99 Å². The van der Waals surface area contributed by atoms with Gasteiger partial charge in [0, 0.05) is 15.1 Å². The Hall–Kier alpha value is -2.78. The van der Waals surface area contributed by atoms with Gasteiger partial charge >= 0.3 is 5.97 Å². The summed E-state index contributed by atoms with van der Waals surface area (Å²) in [6.45, 7) is 2.38. The maximum absolute atomic E-state index is 14.2. The van der Waals surface area contributed by atoms with Gasteiger partial charge in [-0.25, -0.2) is 9.79 Å². The lowest BCUT2D eigenvalue weighted by Crippen LogP contribution is -2.40. The summed E-state index contributed by atoms with van der Waals surface area (Å²) in [5.41, 5.74) is 3.91. The van der Waals surface area contributed by atoms with E-state index in [0.717, 1.165) is 39.6 Å². The molecule has 11 heteroatoms. The fraction of sp³-hybridized carbons (Fsp3) is 0.114. The molecule has 0 unspecified atom stereocenters. The lowest BCUT2D eigenvalue weighted by atomic mass is 9.93. The fourth-order valence-corrected chi connectivity index (χ4v) is 8.61. The lowest BCUT2D eigenvalue weighted by molar-refractivity contribution is -0.138. The monoisotopic (exact) mass is 936 g/mol. The second kappa shape index (κ2) is 14.5. The molecule has 0 aliphatic carbocycles. The van der Waals surface area contributed by atoms with Crippen molar-refractivity contribution in [1.29, 1.82) is 0 Å². The van der Waals surface area contributed by atoms with Crippen molar-refractivity contribution >= 4 is 102 Å². The zero-order chi connectivity index (χ0) is 32.4. The zero-order valence-corrected chi connectivity index (χ0v) is 31.7.